The van der Waals surface area contributed by atoms with Crippen molar-refractivity contribution in [1.29, 1.82) is 0 Å². The predicted molar refractivity (Wildman–Crippen MR) is 34.1 cm³/mol. The van der Waals surface area contributed by atoms with Crippen LogP contribution in [0.1, 0.15) is 6.42 Å². The van der Waals surface area contributed by atoms with Gasteiger partial charge in [0.1, 0.15) is 6.23 Å². The number of aliphatic hydroxyl groups is 1. The van der Waals surface area contributed by atoms with E-state index in [1.54, 1.807) is 0 Å². The molecule has 0 radical (unpaired) electrons. The van der Waals surface area contributed by atoms with E-state index < -0.39 is 6.23 Å². The first-order valence-electron chi connectivity index (χ1n) is 3.23. The highest BCUT2D eigenvalue weighted by molar-refractivity contribution is 5.72. The fraction of sp³-hybridized carbons (Fsp3) is 0.833. The van der Waals surface area contributed by atoms with E-state index in [0.29, 0.717) is 13.0 Å². The molecule has 1 aliphatic rings. The van der Waals surface area contributed by atoms with Crippen molar-refractivity contribution >= 4 is 5.97 Å². The molecule has 4 heteroatoms. The number of rotatable bonds is 1. The van der Waals surface area contributed by atoms with Gasteiger partial charge in [0.15, 0.2) is 0 Å². The Morgan fingerprint density at radius 3 is 2.90 bits per heavy atom. The van der Waals surface area contributed by atoms with Gasteiger partial charge in [0.25, 0.3) is 0 Å². The minimum Gasteiger partial charge on any atom is -0.469 e. The van der Waals surface area contributed by atoms with Gasteiger partial charge in [-0.25, -0.2) is 0 Å². The molecule has 4 nitrogen and oxygen atoms in total. The second kappa shape index (κ2) is 2.98. The van der Waals surface area contributed by atoms with Gasteiger partial charge in [-0.15, -0.1) is 0 Å². The Hall–Kier alpha value is -0.610. The number of aliphatic hydroxyl groups excluding tert-OH is 1. The van der Waals surface area contributed by atoms with E-state index >= 15 is 0 Å². The van der Waals surface area contributed by atoms with Crippen molar-refractivity contribution < 1.29 is 14.6 Å². The summed E-state index contributed by atoms with van der Waals surface area (Å²) >= 11 is 0. The zero-order valence-corrected chi connectivity index (χ0v) is 5.83. The minimum absolute atomic E-state index is 0.167. The van der Waals surface area contributed by atoms with Crippen molar-refractivity contribution in [1.82, 2.24) is 5.32 Å². The molecule has 2 atom stereocenters. The van der Waals surface area contributed by atoms with Crippen LogP contribution in [0.3, 0.4) is 0 Å². The van der Waals surface area contributed by atoms with Crippen molar-refractivity contribution in [3.63, 3.8) is 0 Å². The maximum Gasteiger partial charge on any atom is 0.310 e. The van der Waals surface area contributed by atoms with Gasteiger partial charge >= 0.3 is 5.97 Å². The molecule has 0 saturated carbocycles. The second-order valence-electron chi connectivity index (χ2n) is 2.38. The number of esters is 1. The van der Waals surface area contributed by atoms with Crippen LogP contribution >= 0.6 is 0 Å². The minimum atomic E-state index is -0.538. The number of carbonyl (C=O) groups is 1. The number of carbonyl (C=O) groups excluding carboxylic acids is 1. The topological polar surface area (TPSA) is 58.6 Å². The van der Waals surface area contributed by atoms with Crippen LogP contribution in [0.5, 0.6) is 0 Å². The number of ether oxygens (including phenoxy) is 1. The lowest BCUT2D eigenvalue weighted by atomic mass is 10.1. The molecule has 1 heterocycles. The van der Waals surface area contributed by atoms with E-state index in [2.05, 4.69) is 10.1 Å². The lowest BCUT2D eigenvalue weighted by molar-refractivity contribution is -0.144. The Balaban J connectivity index is 2.37. The van der Waals surface area contributed by atoms with E-state index in [1.807, 2.05) is 0 Å². The quantitative estimate of drug-likeness (QED) is 0.469. The van der Waals surface area contributed by atoms with Gasteiger partial charge in [0, 0.05) is 13.0 Å². The Labute approximate surface area is 59.2 Å². The summed E-state index contributed by atoms with van der Waals surface area (Å²) in [5, 5.41) is 11.7. The zero-order chi connectivity index (χ0) is 7.56. The summed E-state index contributed by atoms with van der Waals surface area (Å²) in [6, 6.07) is 0. The van der Waals surface area contributed by atoms with Crippen LogP contribution in [0.2, 0.25) is 0 Å². The van der Waals surface area contributed by atoms with Crippen LogP contribution in [0.15, 0.2) is 0 Å². The molecule has 1 rings (SSSR count). The van der Waals surface area contributed by atoms with Crippen molar-refractivity contribution in [3.8, 4) is 0 Å². The normalized spacial score (nSPS) is 32.2. The van der Waals surface area contributed by atoms with Crippen LogP contribution in [0, 0.1) is 5.92 Å². The lowest BCUT2D eigenvalue weighted by Crippen LogP contribution is -2.21. The molecule has 0 aliphatic carbocycles. The SMILES string of the molecule is COC(=O)C1CNC(O)C1. The maximum atomic E-state index is 10.8. The zero-order valence-electron chi connectivity index (χ0n) is 5.83. The van der Waals surface area contributed by atoms with Crippen LogP contribution in [-0.4, -0.2) is 31.0 Å². The summed E-state index contributed by atoms with van der Waals surface area (Å²) in [7, 11) is 1.35. The number of methoxy groups -OCH3 is 1. The summed E-state index contributed by atoms with van der Waals surface area (Å²) in [6.45, 7) is 0.522. The Bertz CT molecular complexity index is 137. The average Bonchev–Trinajstić information content (AvgIpc) is 2.34. The molecule has 0 spiro atoms. The molecule has 2 unspecified atom stereocenters. The van der Waals surface area contributed by atoms with Gasteiger partial charge in [0.2, 0.25) is 0 Å². The van der Waals surface area contributed by atoms with E-state index in [1.165, 1.54) is 7.11 Å². The molecule has 10 heavy (non-hydrogen) atoms. The van der Waals surface area contributed by atoms with Gasteiger partial charge in [-0.05, 0) is 0 Å². The van der Waals surface area contributed by atoms with E-state index in [0.717, 1.165) is 0 Å². The van der Waals surface area contributed by atoms with Crippen molar-refractivity contribution in [2.45, 2.75) is 12.6 Å². The molecule has 1 aliphatic heterocycles. The first kappa shape index (κ1) is 7.50. The summed E-state index contributed by atoms with van der Waals surface area (Å²) in [6.07, 6.45) is -0.0729. The predicted octanol–water partition coefficient (Wildman–Crippen LogP) is -0.913. The molecule has 0 aromatic heterocycles. The molecule has 58 valence electrons. The third-order valence-corrected chi connectivity index (χ3v) is 1.64. The van der Waals surface area contributed by atoms with E-state index in [-0.39, 0.29) is 11.9 Å². The van der Waals surface area contributed by atoms with Gasteiger partial charge in [-0.1, -0.05) is 0 Å². The molecular weight excluding hydrogens is 134 g/mol. The largest absolute Gasteiger partial charge is 0.469 e. The van der Waals surface area contributed by atoms with Crippen LogP contribution in [0.4, 0.5) is 0 Å². The Morgan fingerprint density at radius 1 is 1.80 bits per heavy atom. The summed E-state index contributed by atoms with van der Waals surface area (Å²) < 4.78 is 4.49. The van der Waals surface area contributed by atoms with Gasteiger partial charge in [-0.3, -0.25) is 10.1 Å². The molecule has 0 bridgehead atoms. The highest BCUT2D eigenvalue weighted by Crippen LogP contribution is 2.12. The first-order valence-corrected chi connectivity index (χ1v) is 3.23. The summed E-state index contributed by atoms with van der Waals surface area (Å²) in [5.41, 5.74) is 0. The second-order valence-corrected chi connectivity index (χ2v) is 2.38. The highest BCUT2D eigenvalue weighted by atomic mass is 16.5. The summed E-state index contributed by atoms with van der Waals surface area (Å²) in [5.74, 6) is -0.413. The van der Waals surface area contributed by atoms with Crippen molar-refractivity contribution in [3.05, 3.63) is 0 Å². The Kier molecular flexibility index (Phi) is 2.24. The van der Waals surface area contributed by atoms with E-state index in [4.69, 9.17) is 5.11 Å². The van der Waals surface area contributed by atoms with Gasteiger partial charge < -0.3 is 9.84 Å². The van der Waals surface area contributed by atoms with Gasteiger partial charge in [-0.2, -0.15) is 0 Å². The third-order valence-electron chi connectivity index (χ3n) is 1.64. The van der Waals surface area contributed by atoms with Crippen LogP contribution < -0.4 is 5.32 Å². The Morgan fingerprint density at radius 2 is 2.50 bits per heavy atom. The molecular formula is C6H11NO3. The monoisotopic (exact) mass is 145 g/mol. The van der Waals surface area contributed by atoms with Crippen molar-refractivity contribution in [2.24, 2.45) is 5.92 Å². The molecule has 0 amide bonds. The first-order chi connectivity index (χ1) is 4.74. The average molecular weight is 145 g/mol. The number of hydrogen-bond acceptors (Lipinski definition) is 4. The third kappa shape index (κ3) is 1.46. The van der Waals surface area contributed by atoms with E-state index in [9.17, 15) is 4.79 Å². The number of nitrogens with one attached hydrogen (secondary N) is 1. The van der Waals surface area contributed by atoms with Crippen LogP contribution in [-0.2, 0) is 9.53 Å². The van der Waals surface area contributed by atoms with Gasteiger partial charge in [0.05, 0.1) is 13.0 Å². The molecule has 1 saturated heterocycles. The number of hydrogen-bond donors (Lipinski definition) is 2. The standard InChI is InChI=1S/C6H11NO3/c1-10-6(9)4-2-5(8)7-3-4/h4-5,7-8H,2-3H2,1H3. The van der Waals surface area contributed by atoms with Crippen molar-refractivity contribution in [2.75, 3.05) is 13.7 Å². The fourth-order valence-corrected chi connectivity index (χ4v) is 1.06. The molecule has 0 aromatic rings. The summed E-state index contributed by atoms with van der Waals surface area (Å²) in [4.78, 5) is 10.8. The molecule has 2 N–H and O–H groups in total. The fourth-order valence-electron chi connectivity index (χ4n) is 1.06. The smallest absolute Gasteiger partial charge is 0.310 e. The molecule has 0 aromatic carbocycles. The highest BCUT2D eigenvalue weighted by Gasteiger charge is 2.28. The maximum absolute atomic E-state index is 10.8. The lowest BCUT2D eigenvalue weighted by Gasteiger charge is -2.03. The molecule has 1 fully saturated rings. The van der Waals surface area contributed by atoms with Crippen LogP contribution in [0.25, 0.3) is 0 Å².